The van der Waals surface area contributed by atoms with Crippen LogP contribution < -0.4 is 19.7 Å². The van der Waals surface area contributed by atoms with E-state index < -0.39 is 0 Å². The van der Waals surface area contributed by atoms with Gasteiger partial charge in [0, 0.05) is 18.7 Å². The first kappa shape index (κ1) is 22.0. The van der Waals surface area contributed by atoms with Gasteiger partial charge in [-0.05, 0) is 43.2 Å². The smallest absolute Gasteiger partial charge is 0.279 e. The fraction of sp³-hybridized carbons (Fsp3) is 0.304. The van der Waals surface area contributed by atoms with Gasteiger partial charge in [0.15, 0.2) is 23.8 Å². The minimum atomic E-state index is -0.204. The lowest BCUT2D eigenvalue weighted by Gasteiger charge is -2.14. The first-order valence-corrected chi connectivity index (χ1v) is 10.2. The first-order valence-electron chi connectivity index (χ1n) is 10.2. The lowest BCUT2D eigenvalue weighted by Crippen LogP contribution is -2.30. The molecule has 1 heterocycles. The second-order valence-electron chi connectivity index (χ2n) is 6.82. The molecule has 31 heavy (non-hydrogen) atoms. The molecule has 8 heteroatoms. The monoisotopic (exact) mass is 422 g/mol. The predicted octanol–water partition coefficient (Wildman–Crippen LogP) is 2.79. The number of hydrogen-bond donors (Lipinski definition) is 1. The molecule has 162 valence electrons. The molecular formula is C23H26N4O4. The van der Waals surface area contributed by atoms with E-state index in [1.165, 1.54) is 7.11 Å². The number of fused-ring (bicyclic) bond motifs is 1. The molecule has 2 aromatic carbocycles. The Hall–Kier alpha value is -3.68. The lowest BCUT2D eigenvalue weighted by molar-refractivity contribution is -0.123. The number of nitrogens with zero attached hydrogens (tertiary/aromatic N) is 3. The summed E-state index contributed by atoms with van der Waals surface area (Å²) in [4.78, 5) is 26.1. The Morgan fingerprint density at radius 3 is 2.71 bits per heavy atom. The highest BCUT2D eigenvalue weighted by molar-refractivity contribution is 6.54. The van der Waals surface area contributed by atoms with Gasteiger partial charge >= 0.3 is 0 Å². The van der Waals surface area contributed by atoms with E-state index in [1.807, 2.05) is 38.1 Å². The predicted molar refractivity (Wildman–Crippen MR) is 120 cm³/mol. The van der Waals surface area contributed by atoms with Crippen molar-refractivity contribution in [3.8, 4) is 11.5 Å². The van der Waals surface area contributed by atoms with Crippen molar-refractivity contribution in [1.29, 1.82) is 0 Å². The van der Waals surface area contributed by atoms with Crippen molar-refractivity contribution in [2.75, 3.05) is 31.7 Å². The molecule has 2 amide bonds. The summed E-state index contributed by atoms with van der Waals surface area (Å²) in [6.07, 6.45) is 2.40. The van der Waals surface area contributed by atoms with Gasteiger partial charge in [-0.3, -0.25) is 9.59 Å². The number of methoxy groups -OCH3 is 1. The number of likely N-dealkylation sites (N-methyl/N-ethyl adjacent to an activating group) is 1. The van der Waals surface area contributed by atoms with Crippen molar-refractivity contribution in [3.05, 3.63) is 53.6 Å². The van der Waals surface area contributed by atoms with Crippen molar-refractivity contribution in [2.45, 2.75) is 20.3 Å². The van der Waals surface area contributed by atoms with Crippen LogP contribution in [0.3, 0.4) is 0 Å². The molecule has 0 aliphatic carbocycles. The van der Waals surface area contributed by atoms with Crippen LogP contribution in [0.5, 0.6) is 11.5 Å². The molecule has 0 spiro atoms. The maximum Gasteiger partial charge on any atom is 0.279 e. The van der Waals surface area contributed by atoms with Crippen molar-refractivity contribution in [2.24, 2.45) is 10.2 Å². The summed E-state index contributed by atoms with van der Waals surface area (Å²) in [7, 11) is 1.52. The van der Waals surface area contributed by atoms with Crippen molar-refractivity contribution < 1.29 is 19.1 Å². The van der Waals surface area contributed by atoms with Crippen LogP contribution in [0.25, 0.3) is 0 Å². The van der Waals surface area contributed by atoms with E-state index in [1.54, 1.807) is 29.3 Å². The quantitative estimate of drug-likeness (QED) is 0.497. The number of benzene rings is 2. The van der Waals surface area contributed by atoms with Gasteiger partial charge in [-0.25, -0.2) is 0 Å². The van der Waals surface area contributed by atoms with Crippen LogP contribution in [0.4, 0.5) is 5.69 Å². The average Bonchev–Trinajstić information content (AvgIpc) is 3.04. The number of hydrogen-bond acceptors (Lipinski definition) is 6. The van der Waals surface area contributed by atoms with Gasteiger partial charge in [0.2, 0.25) is 0 Å². The van der Waals surface area contributed by atoms with Gasteiger partial charge in [0.1, 0.15) is 0 Å². The Bertz CT molecular complexity index is 1020. The van der Waals surface area contributed by atoms with Crippen molar-refractivity contribution in [1.82, 2.24) is 5.32 Å². The normalized spacial score (nSPS) is 14.2. The molecular weight excluding hydrogens is 396 g/mol. The van der Waals surface area contributed by atoms with E-state index in [9.17, 15) is 9.59 Å². The zero-order chi connectivity index (χ0) is 22.2. The Morgan fingerprint density at radius 1 is 1.16 bits per heavy atom. The number of carbonyl (C=O) groups excluding carboxylic acids is 2. The van der Waals surface area contributed by atoms with Crippen LogP contribution in [0.2, 0.25) is 0 Å². The number of anilines is 1. The maximum absolute atomic E-state index is 12.8. The van der Waals surface area contributed by atoms with Crippen LogP contribution in [0, 0.1) is 0 Å². The summed E-state index contributed by atoms with van der Waals surface area (Å²) in [5, 5.41) is 11.0. The highest BCUT2D eigenvalue weighted by Crippen LogP contribution is 2.30. The van der Waals surface area contributed by atoms with Gasteiger partial charge in [-0.2, -0.15) is 5.10 Å². The molecule has 3 rings (SSSR count). The zero-order valence-electron chi connectivity index (χ0n) is 17.9. The van der Waals surface area contributed by atoms with E-state index in [4.69, 9.17) is 9.47 Å². The highest BCUT2D eigenvalue weighted by atomic mass is 16.5. The SMILES string of the molecule is CCCN1C(=O)/C(=N/N=C\c2ccc(OCC(=O)NCC)c(OC)c2)c2ccccc21. The molecule has 0 atom stereocenters. The second-order valence-corrected chi connectivity index (χ2v) is 6.82. The van der Waals surface area contributed by atoms with E-state index in [0.717, 1.165) is 23.2 Å². The molecule has 0 bridgehead atoms. The summed E-state index contributed by atoms with van der Waals surface area (Å²) in [6, 6.07) is 12.8. The van der Waals surface area contributed by atoms with Crippen LogP contribution in [-0.4, -0.2) is 50.5 Å². The molecule has 0 saturated carbocycles. The third-order valence-electron chi connectivity index (χ3n) is 4.63. The minimum Gasteiger partial charge on any atom is -0.493 e. The number of amides is 2. The van der Waals surface area contributed by atoms with Gasteiger partial charge in [0.05, 0.1) is 19.0 Å². The Morgan fingerprint density at radius 2 is 1.97 bits per heavy atom. The van der Waals surface area contributed by atoms with Gasteiger partial charge in [0.25, 0.3) is 11.8 Å². The first-order chi connectivity index (χ1) is 15.1. The molecule has 0 aromatic heterocycles. The molecule has 1 aliphatic rings. The summed E-state index contributed by atoms with van der Waals surface area (Å²) < 4.78 is 10.9. The standard InChI is InChI=1S/C23H26N4O4/c1-4-12-27-18-9-7-6-8-17(18)22(23(27)29)26-25-14-16-10-11-19(20(13-16)30-3)31-15-21(28)24-5-2/h6-11,13-14H,4-5,12,15H2,1-3H3,(H,24,28)/b25-14-,26-22+. The summed E-state index contributed by atoms with van der Waals surface area (Å²) >= 11 is 0. The number of ether oxygens (including phenoxy) is 2. The van der Waals surface area contributed by atoms with Crippen molar-refractivity contribution >= 4 is 29.4 Å². The van der Waals surface area contributed by atoms with E-state index in [0.29, 0.717) is 30.3 Å². The molecule has 0 radical (unpaired) electrons. The number of carbonyl (C=O) groups is 2. The third kappa shape index (κ3) is 5.09. The Labute approximate surface area is 181 Å². The Kier molecular flexibility index (Phi) is 7.37. The molecule has 1 aliphatic heterocycles. The summed E-state index contributed by atoms with van der Waals surface area (Å²) in [5.74, 6) is 0.571. The van der Waals surface area contributed by atoms with Crippen LogP contribution in [-0.2, 0) is 9.59 Å². The van der Waals surface area contributed by atoms with E-state index in [2.05, 4.69) is 15.5 Å². The van der Waals surface area contributed by atoms with E-state index >= 15 is 0 Å². The topological polar surface area (TPSA) is 92.6 Å². The lowest BCUT2D eigenvalue weighted by atomic mass is 10.1. The molecule has 0 saturated heterocycles. The minimum absolute atomic E-state index is 0.0962. The number of nitrogens with one attached hydrogen (secondary N) is 1. The largest absolute Gasteiger partial charge is 0.493 e. The number of para-hydroxylation sites is 1. The van der Waals surface area contributed by atoms with Crippen LogP contribution in [0.15, 0.2) is 52.7 Å². The summed E-state index contributed by atoms with van der Waals surface area (Å²) in [6.45, 7) is 4.95. The second kappa shape index (κ2) is 10.4. The third-order valence-corrected chi connectivity index (χ3v) is 4.63. The van der Waals surface area contributed by atoms with E-state index in [-0.39, 0.29) is 18.4 Å². The molecule has 2 aromatic rings. The zero-order valence-corrected chi connectivity index (χ0v) is 17.9. The summed E-state index contributed by atoms with van der Waals surface area (Å²) in [5.41, 5.74) is 2.69. The Balaban J connectivity index is 1.77. The highest BCUT2D eigenvalue weighted by Gasteiger charge is 2.33. The van der Waals surface area contributed by atoms with Crippen LogP contribution in [0.1, 0.15) is 31.4 Å². The van der Waals surface area contributed by atoms with Crippen LogP contribution >= 0.6 is 0 Å². The number of rotatable bonds is 9. The fourth-order valence-corrected chi connectivity index (χ4v) is 3.23. The van der Waals surface area contributed by atoms with Gasteiger partial charge < -0.3 is 19.7 Å². The average molecular weight is 422 g/mol. The van der Waals surface area contributed by atoms with Crippen molar-refractivity contribution in [3.63, 3.8) is 0 Å². The molecule has 0 fully saturated rings. The maximum atomic E-state index is 12.8. The molecule has 8 nitrogen and oxygen atoms in total. The van der Waals surface area contributed by atoms with Gasteiger partial charge in [-0.1, -0.05) is 25.1 Å². The molecule has 0 unspecified atom stereocenters. The fourth-order valence-electron chi connectivity index (χ4n) is 3.23. The van der Waals surface area contributed by atoms with Gasteiger partial charge in [-0.15, -0.1) is 5.10 Å². The molecule has 1 N–H and O–H groups in total.